The van der Waals surface area contributed by atoms with Crippen LogP contribution < -0.4 is 0 Å². The van der Waals surface area contributed by atoms with Crippen LogP contribution in [0.4, 0.5) is 0 Å². The maximum absolute atomic E-state index is 5.20. The topological polar surface area (TPSA) is 61.8 Å². The molecule has 70 heavy (non-hydrogen) atoms. The van der Waals surface area contributed by atoms with Gasteiger partial charge in [0.05, 0.1) is 5.70 Å². The van der Waals surface area contributed by atoms with Crippen LogP contribution in [0.2, 0.25) is 0 Å². The number of rotatable bonds is 10. The van der Waals surface area contributed by atoms with Crippen LogP contribution >= 0.6 is 0 Å². The highest BCUT2D eigenvalue weighted by Crippen LogP contribution is 2.42. The summed E-state index contributed by atoms with van der Waals surface area (Å²) < 4.78 is 0. The molecule has 3 aliphatic carbocycles. The van der Waals surface area contributed by atoms with Gasteiger partial charge < -0.3 is 0 Å². The SMILES string of the molecule is C=C(N=C(N=CCc1ccc2ccccc2c1)c1ccc2ccccc2c1)c1ccc(C(C)(C)C2=CCC(C=NC(=NC(=NC)c3ccc4ccccc4c3)C3=CC=C4C=CC=CC4(C)C3)C=C2)cc1. The van der Waals surface area contributed by atoms with Gasteiger partial charge in [0.15, 0.2) is 17.5 Å². The van der Waals surface area contributed by atoms with E-state index in [4.69, 9.17) is 20.0 Å². The molecule has 0 saturated carbocycles. The molecule has 0 radical (unpaired) electrons. The number of nitrogens with zero attached hydrogens (tertiary/aromatic N) is 5. The Labute approximate surface area is 412 Å². The molecule has 0 spiro atoms. The second-order valence-electron chi connectivity index (χ2n) is 19.2. The second kappa shape index (κ2) is 19.8. The fraction of sp³-hybridized carbons (Fsp3) is 0.154. The minimum atomic E-state index is -0.238. The van der Waals surface area contributed by atoms with E-state index in [1.165, 1.54) is 43.8 Å². The van der Waals surface area contributed by atoms with Crippen LogP contribution in [-0.2, 0) is 11.8 Å². The van der Waals surface area contributed by atoms with Crippen molar-refractivity contribution < 1.29 is 0 Å². The van der Waals surface area contributed by atoms with E-state index >= 15 is 0 Å². The average Bonchev–Trinajstić information content (AvgIpc) is 3.40. The van der Waals surface area contributed by atoms with Crippen LogP contribution in [0, 0.1) is 11.3 Å². The minimum Gasteiger partial charge on any atom is -0.270 e. The van der Waals surface area contributed by atoms with E-state index in [0.29, 0.717) is 29.6 Å². The molecule has 0 bridgehead atoms. The van der Waals surface area contributed by atoms with Crippen LogP contribution in [0.3, 0.4) is 0 Å². The lowest BCUT2D eigenvalue weighted by atomic mass is 9.71. The van der Waals surface area contributed by atoms with Gasteiger partial charge >= 0.3 is 0 Å². The molecule has 342 valence electrons. The maximum Gasteiger partial charge on any atom is 0.159 e. The van der Waals surface area contributed by atoms with Crippen molar-refractivity contribution in [3.8, 4) is 0 Å². The molecular weight excluding hydrogens is 851 g/mol. The summed E-state index contributed by atoms with van der Waals surface area (Å²) in [5.74, 6) is 2.11. The Morgan fingerprint density at radius 3 is 1.90 bits per heavy atom. The van der Waals surface area contributed by atoms with Gasteiger partial charge in [-0.25, -0.2) is 20.0 Å². The molecule has 0 saturated heterocycles. The highest BCUT2D eigenvalue weighted by molar-refractivity contribution is 6.14. The number of aliphatic imine (C=N–C) groups is 5. The van der Waals surface area contributed by atoms with Gasteiger partial charge in [-0.15, -0.1) is 0 Å². The molecule has 7 aromatic rings. The van der Waals surface area contributed by atoms with Gasteiger partial charge in [-0.05, 0) is 90.7 Å². The molecule has 2 atom stereocenters. The highest BCUT2D eigenvalue weighted by atomic mass is 15.0. The molecule has 0 aromatic heterocycles. The molecule has 0 aliphatic heterocycles. The molecular formula is C65H57N5. The predicted octanol–water partition coefficient (Wildman–Crippen LogP) is 15.6. The van der Waals surface area contributed by atoms with Crippen LogP contribution in [-0.4, -0.2) is 37.0 Å². The smallest absolute Gasteiger partial charge is 0.159 e. The zero-order valence-electron chi connectivity index (χ0n) is 40.4. The fourth-order valence-corrected chi connectivity index (χ4v) is 9.69. The van der Waals surface area contributed by atoms with Crippen molar-refractivity contribution >= 4 is 68.0 Å². The summed E-state index contributed by atoms with van der Waals surface area (Å²) >= 11 is 0. The first-order valence-corrected chi connectivity index (χ1v) is 24.3. The lowest BCUT2D eigenvalue weighted by molar-refractivity contribution is 0.518. The van der Waals surface area contributed by atoms with E-state index in [1.807, 2.05) is 13.3 Å². The first-order chi connectivity index (χ1) is 34.1. The third-order valence-corrected chi connectivity index (χ3v) is 14.0. The Kier molecular flexibility index (Phi) is 12.9. The standard InChI is InChI=1S/C65H57N5/c1-45(69-62(56-28-26-51-16-8-11-19-54(51)42-56)67-39-37-46-21-24-49-14-6-9-17-52(49)40-46)48-29-34-59(35-30-48)64(2,3)58-32-22-47(23-33-58)44-68-63(57-31-36-60-20-12-13-38-65(60,4)43-57)70-61(66-5)55-27-25-50-15-7-10-18-53(50)41-55/h6-22,24-36,38-42,44,47H,1,23,37,43H2,2-5H3. The van der Waals surface area contributed by atoms with Gasteiger partial charge in [-0.2, -0.15) is 0 Å². The van der Waals surface area contributed by atoms with Gasteiger partial charge in [-0.1, -0.05) is 222 Å². The zero-order chi connectivity index (χ0) is 48.1. The molecule has 2 unspecified atom stereocenters. The number of amidine groups is 3. The summed E-state index contributed by atoms with van der Waals surface area (Å²) in [7, 11) is 1.81. The molecule has 0 amide bonds. The summed E-state index contributed by atoms with van der Waals surface area (Å²) in [5, 5.41) is 7.12. The summed E-state index contributed by atoms with van der Waals surface area (Å²) in [6.07, 6.45) is 26.4. The van der Waals surface area contributed by atoms with Crippen molar-refractivity contribution in [2.24, 2.45) is 36.3 Å². The number of fused-ring (bicyclic) bond motifs is 4. The summed E-state index contributed by atoms with van der Waals surface area (Å²) in [6, 6.07) is 53.2. The Balaban J connectivity index is 0.863. The van der Waals surface area contributed by atoms with Crippen LogP contribution in [0.5, 0.6) is 0 Å². The molecule has 0 fully saturated rings. The Morgan fingerprint density at radius 1 is 0.643 bits per heavy atom. The van der Waals surface area contributed by atoms with Gasteiger partial charge in [-0.3, -0.25) is 4.99 Å². The van der Waals surface area contributed by atoms with Gasteiger partial charge in [0.2, 0.25) is 0 Å². The third kappa shape index (κ3) is 9.88. The van der Waals surface area contributed by atoms with Crippen LogP contribution in [0.25, 0.3) is 38.0 Å². The molecule has 7 aromatic carbocycles. The van der Waals surface area contributed by atoms with Crippen LogP contribution in [0.15, 0.2) is 255 Å². The van der Waals surface area contributed by atoms with Gasteiger partial charge in [0.1, 0.15) is 0 Å². The van der Waals surface area contributed by atoms with E-state index in [-0.39, 0.29) is 16.7 Å². The van der Waals surface area contributed by atoms with E-state index < -0.39 is 0 Å². The lowest BCUT2D eigenvalue weighted by Gasteiger charge is -2.33. The highest BCUT2D eigenvalue weighted by Gasteiger charge is 2.31. The Bertz CT molecular complexity index is 3530. The van der Waals surface area contributed by atoms with E-state index in [9.17, 15) is 0 Å². The Morgan fingerprint density at radius 2 is 1.26 bits per heavy atom. The third-order valence-electron chi connectivity index (χ3n) is 14.0. The molecule has 3 aliphatic rings. The quantitative estimate of drug-likeness (QED) is 0.0970. The van der Waals surface area contributed by atoms with Crippen molar-refractivity contribution in [3.63, 3.8) is 0 Å². The first kappa shape index (κ1) is 45.6. The normalized spacial score (nSPS) is 18.7. The first-order valence-electron chi connectivity index (χ1n) is 24.3. The van der Waals surface area contributed by atoms with Crippen LogP contribution in [0.1, 0.15) is 61.4 Å². The van der Waals surface area contributed by atoms with Crippen molar-refractivity contribution in [1.82, 2.24) is 0 Å². The minimum absolute atomic E-state index is 0.117. The maximum atomic E-state index is 5.20. The summed E-state index contributed by atoms with van der Waals surface area (Å²) in [6.45, 7) is 11.3. The van der Waals surface area contributed by atoms with Gasteiger partial charge in [0, 0.05) is 53.8 Å². The van der Waals surface area contributed by atoms with Crippen molar-refractivity contribution in [1.29, 1.82) is 0 Å². The zero-order valence-corrected chi connectivity index (χ0v) is 40.4. The van der Waals surface area contributed by atoms with Crippen molar-refractivity contribution in [3.05, 3.63) is 257 Å². The number of hydrogen-bond donors (Lipinski definition) is 0. The lowest BCUT2D eigenvalue weighted by Crippen LogP contribution is -2.23. The Hall–Kier alpha value is -8.15. The summed E-state index contributed by atoms with van der Waals surface area (Å²) in [4.78, 5) is 25.1. The fourth-order valence-electron chi connectivity index (χ4n) is 9.69. The second-order valence-corrected chi connectivity index (χ2v) is 19.2. The van der Waals surface area contributed by atoms with E-state index in [0.717, 1.165) is 45.9 Å². The molecule has 10 rings (SSSR count). The van der Waals surface area contributed by atoms with Gasteiger partial charge in [0.25, 0.3) is 0 Å². The monoisotopic (exact) mass is 907 g/mol. The molecule has 5 nitrogen and oxygen atoms in total. The van der Waals surface area contributed by atoms with E-state index in [1.54, 1.807) is 0 Å². The number of hydrogen-bond acceptors (Lipinski definition) is 2. The van der Waals surface area contributed by atoms with E-state index in [2.05, 4.69) is 245 Å². The number of benzene rings is 7. The molecule has 5 heteroatoms. The van der Waals surface area contributed by atoms with Crippen molar-refractivity contribution in [2.45, 2.75) is 45.4 Å². The average molecular weight is 908 g/mol. The molecule has 0 heterocycles. The van der Waals surface area contributed by atoms with Crippen molar-refractivity contribution in [2.75, 3.05) is 7.05 Å². The number of allylic oxidation sites excluding steroid dienone is 11. The summed E-state index contributed by atoms with van der Waals surface area (Å²) in [5.41, 5.74) is 9.23. The molecule has 0 N–H and O–H groups in total. The largest absolute Gasteiger partial charge is 0.270 e. The predicted molar refractivity (Wildman–Crippen MR) is 300 cm³/mol.